The third-order valence-electron chi connectivity index (χ3n) is 7.09. The fourth-order valence-corrected chi connectivity index (χ4v) is 6.11. The number of allylic oxidation sites excluding steroid dienone is 1. The highest BCUT2D eigenvalue weighted by atomic mass is 32.2. The van der Waals surface area contributed by atoms with Crippen LogP contribution in [0.2, 0.25) is 0 Å². The highest BCUT2D eigenvalue weighted by molar-refractivity contribution is 8.18. The van der Waals surface area contributed by atoms with Gasteiger partial charge in [0.1, 0.15) is 13.1 Å². The summed E-state index contributed by atoms with van der Waals surface area (Å²) in [6.07, 6.45) is 2.04. The lowest BCUT2D eigenvalue weighted by Crippen LogP contribution is -2.36. The summed E-state index contributed by atoms with van der Waals surface area (Å²) in [7, 11) is 0. The van der Waals surface area contributed by atoms with Gasteiger partial charge in [0.2, 0.25) is 0 Å². The van der Waals surface area contributed by atoms with Crippen molar-refractivity contribution >= 4 is 40.1 Å². The van der Waals surface area contributed by atoms with Crippen LogP contribution in [0.3, 0.4) is 0 Å². The zero-order chi connectivity index (χ0) is 24.2. The van der Waals surface area contributed by atoms with Crippen molar-refractivity contribution in [3.8, 4) is 0 Å². The number of nitrogens with zero attached hydrogens (tertiary/aromatic N) is 4. The van der Waals surface area contributed by atoms with Crippen LogP contribution < -0.4 is 9.80 Å². The number of thioether (sulfide) groups is 1. The number of rotatable bonds is 4. The molecule has 0 amide bonds. The molecular formula is C28H33N4O3S+. The van der Waals surface area contributed by atoms with Crippen molar-refractivity contribution in [2.75, 3.05) is 88.7 Å². The number of ether oxygens (including phenoxy) is 3. The molecule has 0 radical (unpaired) electrons. The number of hydrogen-bond acceptors (Lipinski definition) is 6. The molecule has 0 aliphatic carbocycles. The van der Waals surface area contributed by atoms with Gasteiger partial charge >= 0.3 is 5.17 Å². The molecule has 0 saturated carbocycles. The average Bonchev–Trinajstić information content (AvgIpc) is 3.45. The molecule has 0 atom stereocenters. The second-order valence-electron chi connectivity index (χ2n) is 9.27. The van der Waals surface area contributed by atoms with Gasteiger partial charge in [-0.25, -0.2) is 4.58 Å². The van der Waals surface area contributed by atoms with Gasteiger partial charge in [-0.05, 0) is 40.4 Å². The van der Waals surface area contributed by atoms with Gasteiger partial charge in [-0.15, -0.1) is 0 Å². The highest BCUT2D eigenvalue weighted by Gasteiger charge is 2.28. The van der Waals surface area contributed by atoms with Crippen molar-refractivity contribution in [2.24, 2.45) is 4.99 Å². The number of benzene rings is 2. The molecule has 0 spiro atoms. The second kappa shape index (κ2) is 11.2. The Morgan fingerprint density at radius 2 is 1.14 bits per heavy atom. The Balaban J connectivity index is 1.33. The lowest BCUT2D eigenvalue weighted by atomic mass is 9.96. The lowest BCUT2D eigenvalue weighted by Gasteiger charge is -2.29. The SMILES string of the molecule is C1=NC(=[N+]2CCOCC2)SC1=C(c1ccc(N2CCOCC2)cc1)c1ccc(N2CCOCC2)cc1. The Bertz CT molecular complexity index is 1080. The molecule has 0 N–H and O–H groups in total. The van der Waals surface area contributed by atoms with Crippen molar-refractivity contribution in [1.82, 2.24) is 0 Å². The van der Waals surface area contributed by atoms with Crippen LogP contribution >= 0.6 is 11.8 Å². The summed E-state index contributed by atoms with van der Waals surface area (Å²) in [4.78, 5) is 10.8. The minimum Gasteiger partial charge on any atom is -0.378 e. The summed E-state index contributed by atoms with van der Waals surface area (Å²) in [6.45, 7) is 10.2. The quantitative estimate of drug-likeness (QED) is 0.595. The Morgan fingerprint density at radius 1 is 0.667 bits per heavy atom. The average molecular weight is 506 g/mol. The van der Waals surface area contributed by atoms with Crippen LogP contribution in [0.25, 0.3) is 5.57 Å². The van der Waals surface area contributed by atoms with Crippen LogP contribution in [0, 0.1) is 0 Å². The van der Waals surface area contributed by atoms with Crippen molar-refractivity contribution in [3.05, 3.63) is 64.6 Å². The van der Waals surface area contributed by atoms with Gasteiger partial charge in [-0.3, -0.25) is 0 Å². The molecule has 4 heterocycles. The number of anilines is 2. The zero-order valence-corrected chi connectivity index (χ0v) is 21.4. The normalized spacial score (nSPS) is 20.8. The molecule has 4 aliphatic heterocycles. The van der Waals surface area contributed by atoms with E-state index in [0.717, 1.165) is 84.1 Å². The molecule has 0 unspecified atom stereocenters. The van der Waals surface area contributed by atoms with Gasteiger partial charge in [-0.1, -0.05) is 24.3 Å². The molecule has 36 heavy (non-hydrogen) atoms. The number of amidine groups is 1. The summed E-state index contributed by atoms with van der Waals surface area (Å²) >= 11 is 1.77. The van der Waals surface area contributed by atoms with Crippen molar-refractivity contribution in [1.29, 1.82) is 0 Å². The van der Waals surface area contributed by atoms with E-state index in [2.05, 4.69) is 62.9 Å². The summed E-state index contributed by atoms with van der Waals surface area (Å²) in [5.41, 5.74) is 6.16. The second-order valence-corrected chi connectivity index (χ2v) is 10.3. The number of aliphatic imine (C=N–C) groups is 1. The fourth-order valence-electron chi connectivity index (χ4n) is 5.05. The van der Waals surface area contributed by atoms with E-state index in [-0.39, 0.29) is 0 Å². The fraction of sp³-hybridized carbons (Fsp3) is 0.429. The van der Waals surface area contributed by atoms with Gasteiger partial charge in [0, 0.05) is 54.9 Å². The minimum absolute atomic E-state index is 0.761. The van der Waals surface area contributed by atoms with Crippen LogP contribution in [0.5, 0.6) is 0 Å². The molecule has 4 aliphatic rings. The molecule has 188 valence electrons. The zero-order valence-electron chi connectivity index (χ0n) is 20.6. The third kappa shape index (κ3) is 5.22. The van der Waals surface area contributed by atoms with Crippen molar-refractivity contribution < 1.29 is 18.8 Å². The van der Waals surface area contributed by atoms with E-state index >= 15 is 0 Å². The van der Waals surface area contributed by atoms with E-state index in [0.29, 0.717) is 0 Å². The standard InChI is InChI=1S/C28H33N4O3S/c1-5-24(30-9-15-33-16-10-30)6-2-22(1)27(26-21-29-28(36-26)32-13-19-35-20-14-32)23-3-7-25(8-4-23)31-11-17-34-18-12-31/h1-8,21H,9-20H2/q+1. The van der Waals surface area contributed by atoms with E-state index in [1.165, 1.54) is 33.0 Å². The van der Waals surface area contributed by atoms with Crippen LogP contribution in [0.4, 0.5) is 11.4 Å². The summed E-state index contributed by atoms with van der Waals surface area (Å²) in [5.74, 6) is 0. The van der Waals surface area contributed by atoms with Crippen molar-refractivity contribution in [3.63, 3.8) is 0 Å². The van der Waals surface area contributed by atoms with Crippen LogP contribution in [0.15, 0.2) is 58.4 Å². The van der Waals surface area contributed by atoms with Crippen LogP contribution in [-0.4, -0.2) is 94.9 Å². The van der Waals surface area contributed by atoms with Gasteiger partial charge in [0.05, 0.1) is 44.5 Å². The predicted octanol–water partition coefficient (Wildman–Crippen LogP) is 3.34. The maximum absolute atomic E-state index is 5.54. The predicted molar refractivity (Wildman–Crippen MR) is 147 cm³/mol. The summed E-state index contributed by atoms with van der Waals surface area (Å²) < 4.78 is 18.9. The van der Waals surface area contributed by atoms with Crippen LogP contribution in [0.1, 0.15) is 11.1 Å². The first-order valence-electron chi connectivity index (χ1n) is 12.9. The molecule has 3 fully saturated rings. The van der Waals surface area contributed by atoms with Gasteiger partial charge in [0.25, 0.3) is 0 Å². The van der Waals surface area contributed by atoms with Gasteiger partial charge < -0.3 is 24.0 Å². The smallest absolute Gasteiger partial charge is 0.359 e. The maximum Gasteiger partial charge on any atom is 0.359 e. The first kappa shape index (κ1) is 23.7. The molecule has 0 aromatic heterocycles. The highest BCUT2D eigenvalue weighted by Crippen LogP contribution is 2.37. The minimum atomic E-state index is 0.761. The topological polar surface area (TPSA) is 49.5 Å². The molecule has 2 aromatic rings. The molecule has 6 rings (SSSR count). The molecular weight excluding hydrogens is 472 g/mol. The molecule has 3 saturated heterocycles. The Morgan fingerprint density at radius 3 is 1.64 bits per heavy atom. The van der Waals surface area contributed by atoms with Gasteiger partial charge in [-0.2, -0.15) is 0 Å². The Kier molecular flexibility index (Phi) is 7.36. The van der Waals surface area contributed by atoms with E-state index in [4.69, 9.17) is 19.2 Å². The largest absolute Gasteiger partial charge is 0.378 e. The van der Waals surface area contributed by atoms with E-state index in [1.54, 1.807) is 11.8 Å². The molecule has 8 heteroatoms. The third-order valence-corrected chi connectivity index (χ3v) is 8.16. The monoisotopic (exact) mass is 505 g/mol. The van der Waals surface area contributed by atoms with Crippen LogP contribution in [-0.2, 0) is 14.2 Å². The Labute approximate surface area is 217 Å². The Hall–Kier alpha value is -2.65. The number of hydrogen-bond donors (Lipinski definition) is 0. The van der Waals surface area contributed by atoms with Crippen molar-refractivity contribution in [2.45, 2.75) is 0 Å². The maximum atomic E-state index is 5.54. The van der Waals surface area contributed by atoms with E-state index in [1.807, 2.05) is 6.21 Å². The molecule has 0 bridgehead atoms. The molecule has 7 nitrogen and oxygen atoms in total. The van der Waals surface area contributed by atoms with Gasteiger partial charge in [0.15, 0.2) is 6.21 Å². The molecule has 2 aromatic carbocycles. The number of morpholine rings is 3. The van der Waals surface area contributed by atoms with E-state index < -0.39 is 0 Å². The first-order chi connectivity index (χ1) is 17.8. The van der Waals surface area contributed by atoms with E-state index in [9.17, 15) is 0 Å². The summed E-state index contributed by atoms with van der Waals surface area (Å²) in [5, 5.41) is 1.07. The summed E-state index contributed by atoms with van der Waals surface area (Å²) in [6, 6.07) is 18.0. The lowest BCUT2D eigenvalue weighted by molar-refractivity contribution is -0.547. The first-order valence-corrected chi connectivity index (χ1v) is 13.7.